The standard InChI is InChI=1S/C27H30N2O3/c1-4-20(2)29-26(30)24-15-8-9-16-25(24)28-27(29,3)21-11-10-14-23(19-21)32-18-17-31-22-12-6-5-7-13-22/h5-16,19-20,28H,4,17-18H2,1-3H3. The van der Waals surface area contributed by atoms with Crippen LogP contribution in [0.25, 0.3) is 0 Å². The number of fused-ring (bicyclic) bond motifs is 1. The molecule has 166 valence electrons. The maximum atomic E-state index is 13.5. The van der Waals surface area contributed by atoms with Gasteiger partial charge in [-0.05, 0) is 56.7 Å². The first-order valence-electron chi connectivity index (χ1n) is 11.1. The molecule has 0 saturated carbocycles. The van der Waals surface area contributed by atoms with Crippen LogP contribution >= 0.6 is 0 Å². The Morgan fingerprint density at radius 1 is 0.906 bits per heavy atom. The van der Waals surface area contributed by atoms with Gasteiger partial charge < -0.3 is 19.7 Å². The highest BCUT2D eigenvalue weighted by atomic mass is 16.5. The smallest absolute Gasteiger partial charge is 0.258 e. The predicted molar refractivity (Wildman–Crippen MR) is 127 cm³/mol. The summed E-state index contributed by atoms with van der Waals surface area (Å²) < 4.78 is 11.7. The van der Waals surface area contributed by atoms with Crippen molar-refractivity contribution in [3.63, 3.8) is 0 Å². The molecule has 3 aromatic rings. The Balaban J connectivity index is 1.55. The third-order valence-corrected chi connectivity index (χ3v) is 6.03. The van der Waals surface area contributed by atoms with Crippen LogP contribution in [0.15, 0.2) is 78.9 Å². The molecule has 2 atom stereocenters. The number of amides is 1. The summed E-state index contributed by atoms with van der Waals surface area (Å²) >= 11 is 0. The Hall–Kier alpha value is -3.47. The quantitative estimate of drug-likeness (QED) is 0.467. The number of ether oxygens (including phenoxy) is 2. The number of nitrogens with one attached hydrogen (secondary N) is 1. The normalized spacial score (nSPS) is 18.5. The number of benzene rings is 3. The number of hydrogen-bond acceptors (Lipinski definition) is 4. The molecule has 3 aromatic carbocycles. The minimum atomic E-state index is -0.694. The van der Waals surface area contributed by atoms with Gasteiger partial charge in [0.1, 0.15) is 30.4 Å². The Morgan fingerprint density at radius 2 is 1.56 bits per heavy atom. The van der Waals surface area contributed by atoms with Crippen molar-refractivity contribution in [2.75, 3.05) is 18.5 Å². The van der Waals surface area contributed by atoms with Crippen molar-refractivity contribution >= 4 is 11.6 Å². The molecule has 1 N–H and O–H groups in total. The van der Waals surface area contributed by atoms with Crippen LogP contribution in [0.1, 0.15) is 43.1 Å². The number of carbonyl (C=O) groups excluding carboxylic acids is 1. The van der Waals surface area contributed by atoms with Gasteiger partial charge in [0.15, 0.2) is 0 Å². The van der Waals surface area contributed by atoms with Crippen molar-refractivity contribution in [1.82, 2.24) is 4.90 Å². The lowest BCUT2D eigenvalue weighted by Gasteiger charge is -2.49. The fourth-order valence-corrected chi connectivity index (χ4v) is 4.19. The summed E-state index contributed by atoms with van der Waals surface area (Å²) in [5.41, 5.74) is 1.83. The average Bonchev–Trinajstić information content (AvgIpc) is 2.82. The maximum Gasteiger partial charge on any atom is 0.258 e. The molecule has 0 saturated heterocycles. The van der Waals surface area contributed by atoms with Crippen molar-refractivity contribution < 1.29 is 14.3 Å². The van der Waals surface area contributed by atoms with Crippen molar-refractivity contribution in [1.29, 1.82) is 0 Å². The topological polar surface area (TPSA) is 50.8 Å². The number of carbonyl (C=O) groups is 1. The molecule has 5 heteroatoms. The molecule has 0 aliphatic carbocycles. The Bertz CT molecular complexity index is 1070. The van der Waals surface area contributed by atoms with Gasteiger partial charge in [-0.25, -0.2) is 0 Å². The van der Waals surface area contributed by atoms with Crippen molar-refractivity contribution in [2.45, 2.75) is 38.9 Å². The van der Waals surface area contributed by atoms with Crippen LogP contribution in [0.4, 0.5) is 5.69 Å². The van der Waals surface area contributed by atoms with E-state index in [-0.39, 0.29) is 11.9 Å². The molecule has 2 unspecified atom stereocenters. The van der Waals surface area contributed by atoms with E-state index in [0.717, 1.165) is 29.2 Å². The minimum absolute atomic E-state index is 0.0405. The van der Waals surface area contributed by atoms with Crippen molar-refractivity contribution in [3.8, 4) is 11.5 Å². The van der Waals surface area contributed by atoms with E-state index in [4.69, 9.17) is 9.47 Å². The molecular formula is C27H30N2O3. The molecule has 0 radical (unpaired) electrons. The number of anilines is 1. The van der Waals surface area contributed by atoms with Crippen molar-refractivity contribution in [2.24, 2.45) is 0 Å². The highest BCUT2D eigenvalue weighted by molar-refractivity contribution is 6.02. The fraction of sp³-hybridized carbons (Fsp3) is 0.296. The lowest BCUT2D eigenvalue weighted by atomic mass is 9.91. The summed E-state index contributed by atoms with van der Waals surface area (Å²) in [6.07, 6.45) is 0.859. The van der Waals surface area contributed by atoms with Gasteiger partial charge in [-0.15, -0.1) is 0 Å². The van der Waals surface area contributed by atoms with E-state index in [1.165, 1.54) is 0 Å². The highest BCUT2D eigenvalue weighted by Gasteiger charge is 2.44. The second-order valence-corrected chi connectivity index (χ2v) is 8.21. The SMILES string of the molecule is CCC(C)N1C(=O)c2ccccc2NC1(C)c1cccc(OCCOc2ccccc2)c1. The third-order valence-electron chi connectivity index (χ3n) is 6.03. The Morgan fingerprint density at radius 3 is 2.31 bits per heavy atom. The lowest BCUT2D eigenvalue weighted by molar-refractivity contribution is 0.0399. The zero-order valence-corrected chi connectivity index (χ0v) is 18.9. The second-order valence-electron chi connectivity index (χ2n) is 8.21. The van der Waals surface area contributed by atoms with Crippen LogP contribution in [0, 0.1) is 0 Å². The summed E-state index contributed by atoms with van der Waals surface area (Å²) in [4.78, 5) is 15.4. The van der Waals surface area contributed by atoms with E-state index in [2.05, 4.69) is 26.1 Å². The molecule has 1 aliphatic rings. The summed E-state index contributed by atoms with van der Waals surface area (Å²) in [6, 6.07) is 25.4. The van der Waals surface area contributed by atoms with E-state index in [1.54, 1.807) is 0 Å². The highest BCUT2D eigenvalue weighted by Crippen LogP contribution is 2.40. The van der Waals surface area contributed by atoms with Gasteiger partial charge in [0.2, 0.25) is 0 Å². The Kier molecular flexibility index (Phi) is 6.35. The van der Waals surface area contributed by atoms with E-state index < -0.39 is 5.66 Å². The summed E-state index contributed by atoms with van der Waals surface area (Å²) in [6.45, 7) is 7.14. The zero-order valence-electron chi connectivity index (χ0n) is 18.9. The molecule has 5 nitrogen and oxygen atoms in total. The molecule has 1 aliphatic heterocycles. The zero-order chi connectivity index (χ0) is 22.6. The van der Waals surface area contributed by atoms with Crippen molar-refractivity contribution in [3.05, 3.63) is 90.0 Å². The van der Waals surface area contributed by atoms with Crippen LogP contribution in [0.5, 0.6) is 11.5 Å². The van der Waals surface area contributed by atoms with E-state index in [1.807, 2.05) is 83.8 Å². The monoisotopic (exact) mass is 430 g/mol. The lowest BCUT2D eigenvalue weighted by Crippen LogP contribution is -2.58. The molecular weight excluding hydrogens is 400 g/mol. The van der Waals surface area contributed by atoms with Gasteiger partial charge in [-0.3, -0.25) is 4.79 Å². The largest absolute Gasteiger partial charge is 0.490 e. The Labute approximate surface area is 190 Å². The first-order chi connectivity index (χ1) is 15.5. The third kappa shape index (κ3) is 4.28. The van der Waals surface area contributed by atoms with Gasteiger partial charge in [0.05, 0.1) is 5.56 Å². The summed E-state index contributed by atoms with van der Waals surface area (Å²) in [7, 11) is 0. The van der Waals surface area contributed by atoms with Gasteiger partial charge in [-0.1, -0.05) is 49.4 Å². The molecule has 0 spiro atoms. The van der Waals surface area contributed by atoms with Crippen LogP contribution in [-0.4, -0.2) is 30.1 Å². The number of rotatable bonds is 8. The molecule has 0 aromatic heterocycles. The molecule has 0 fully saturated rings. The van der Waals surface area contributed by atoms with Crippen LogP contribution in [0.2, 0.25) is 0 Å². The van der Waals surface area contributed by atoms with E-state index in [0.29, 0.717) is 18.8 Å². The van der Waals surface area contributed by atoms with E-state index >= 15 is 0 Å². The first-order valence-corrected chi connectivity index (χ1v) is 11.1. The predicted octanol–water partition coefficient (Wildman–Crippen LogP) is 5.68. The van der Waals surface area contributed by atoms with Crippen LogP contribution in [0.3, 0.4) is 0 Å². The average molecular weight is 431 g/mol. The summed E-state index contributed by atoms with van der Waals surface area (Å²) in [5.74, 6) is 1.61. The molecule has 1 heterocycles. The van der Waals surface area contributed by atoms with Gasteiger partial charge >= 0.3 is 0 Å². The van der Waals surface area contributed by atoms with Gasteiger partial charge in [-0.2, -0.15) is 0 Å². The molecule has 1 amide bonds. The second kappa shape index (κ2) is 9.35. The van der Waals surface area contributed by atoms with Gasteiger partial charge in [0.25, 0.3) is 5.91 Å². The summed E-state index contributed by atoms with van der Waals surface area (Å²) in [5, 5.41) is 3.63. The maximum absolute atomic E-state index is 13.5. The number of para-hydroxylation sites is 2. The minimum Gasteiger partial charge on any atom is -0.490 e. The van der Waals surface area contributed by atoms with Crippen LogP contribution in [-0.2, 0) is 5.66 Å². The van der Waals surface area contributed by atoms with Gasteiger partial charge in [0, 0.05) is 17.3 Å². The fourth-order valence-electron chi connectivity index (χ4n) is 4.19. The number of nitrogens with zero attached hydrogens (tertiary/aromatic N) is 1. The first kappa shape index (κ1) is 21.8. The van der Waals surface area contributed by atoms with Crippen LogP contribution < -0.4 is 14.8 Å². The molecule has 4 rings (SSSR count). The van der Waals surface area contributed by atoms with E-state index in [9.17, 15) is 4.79 Å². The molecule has 32 heavy (non-hydrogen) atoms. The number of hydrogen-bond donors (Lipinski definition) is 1. The molecule has 0 bridgehead atoms.